The highest BCUT2D eigenvalue weighted by Crippen LogP contribution is 2.33. The van der Waals surface area contributed by atoms with E-state index in [1.54, 1.807) is 11.3 Å². The van der Waals surface area contributed by atoms with Crippen LogP contribution >= 0.6 is 11.3 Å². The molecule has 2 aromatic carbocycles. The molecule has 0 saturated heterocycles. The molecule has 0 fully saturated rings. The third-order valence-electron chi connectivity index (χ3n) is 5.03. The van der Waals surface area contributed by atoms with Crippen LogP contribution in [0.2, 0.25) is 0 Å². The van der Waals surface area contributed by atoms with Crippen molar-refractivity contribution in [2.75, 3.05) is 0 Å². The fourth-order valence-electron chi connectivity index (χ4n) is 3.61. The Morgan fingerprint density at radius 1 is 0.533 bits per heavy atom. The van der Waals surface area contributed by atoms with Crippen molar-refractivity contribution in [3.8, 4) is 33.0 Å². The lowest BCUT2D eigenvalue weighted by atomic mass is 10.0. The van der Waals surface area contributed by atoms with Crippen molar-refractivity contribution in [3.05, 3.63) is 120 Å². The molecule has 3 heteroatoms. The van der Waals surface area contributed by atoms with Crippen molar-refractivity contribution in [1.82, 2.24) is 9.97 Å². The number of hydrogen-bond acceptors (Lipinski definition) is 3. The van der Waals surface area contributed by atoms with Gasteiger partial charge in [0.2, 0.25) is 0 Å². The third-order valence-corrected chi connectivity index (χ3v) is 5.94. The van der Waals surface area contributed by atoms with Gasteiger partial charge in [-0.25, -0.2) is 0 Å². The number of hydrogen-bond donors (Lipinski definition) is 0. The zero-order chi connectivity index (χ0) is 20.2. The lowest BCUT2D eigenvalue weighted by Gasteiger charge is -2.10. The van der Waals surface area contributed by atoms with Crippen molar-refractivity contribution in [1.29, 1.82) is 0 Å². The SMILES string of the molecule is c1ccc(-c2cccc(Cc3cccc(-c4ccccc4-c4cccs4)n3)n2)cc1. The summed E-state index contributed by atoms with van der Waals surface area (Å²) in [5, 5.41) is 2.11. The molecule has 0 aliphatic heterocycles. The van der Waals surface area contributed by atoms with Crippen LogP contribution in [0, 0.1) is 0 Å². The number of rotatable bonds is 5. The smallest absolute Gasteiger partial charge is 0.0711 e. The van der Waals surface area contributed by atoms with Crippen LogP contribution in [-0.4, -0.2) is 9.97 Å². The van der Waals surface area contributed by atoms with Crippen molar-refractivity contribution in [2.45, 2.75) is 6.42 Å². The van der Waals surface area contributed by atoms with Crippen LogP contribution in [0.4, 0.5) is 0 Å². The van der Waals surface area contributed by atoms with E-state index >= 15 is 0 Å². The topological polar surface area (TPSA) is 25.8 Å². The van der Waals surface area contributed by atoms with Gasteiger partial charge in [-0.2, -0.15) is 0 Å². The maximum Gasteiger partial charge on any atom is 0.0711 e. The van der Waals surface area contributed by atoms with Crippen LogP contribution < -0.4 is 0 Å². The third kappa shape index (κ3) is 3.93. The highest BCUT2D eigenvalue weighted by atomic mass is 32.1. The van der Waals surface area contributed by atoms with Crippen molar-refractivity contribution in [3.63, 3.8) is 0 Å². The Balaban J connectivity index is 1.46. The molecule has 0 aliphatic carbocycles. The molecule has 5 rings (SSSR count). The van der Waals surface area contributed by atoms with Gasteiger partial charge in [0.05, 0.1) is 11.4 Å². The first kappa shape index (κ1) is 18.5. The van der Waals surface area contributed by atoms with Crippen molar-refractivity contribution >= 4 is 11.3 Å². The van der Waals surface area contributed by atoms with Gasteiger partial charge in [0.15, 0.2) is 0 Å². The number of pyridine rings is 2. The Labute approximate surface area is 180 Å². The summed E-state index contributed by atoms with van der Waals surface area (Å²) in [5.74, 6) is 0. The highest BCUT2D eigenvalue weighted by Gasteiger charge is 2.10. The molecular formula is C27H20N2S. The van der Waals surface area contributed by atoms with Gasteiger partial charge in [-0.1, -0.05) is 72.8 Å². The van der Waals surface area contributed by atoms with E-state index in [1.807, 2.05) is 18.2 Å². The van der Waals surface area contributed by atoms with Gasteiger partial charge in [0, 0.05) is 39.4 Å². The largest absolute Gasteiger partial charge is 0.252 e. The van der Waals surface area contributed by atoms with Gasteiger partial charge in [-0.3, -0.25) is 9.97 Å². The van der Waals surface area contributed by atoms with E-state index in [9.17, 15) is 0 Å². The van der Waals surface area contributed by atoms with Gasteiger partial charge in [0.1, 0.15) is 0 Å². The molecular weight excluding hydrogens is 384 g/mol. The summed E-state index contributed by atoms with van der Waals surface area (Å²) in [7, 11) is 0. The molecule has 0 aliphatic rings. The summed E-state index contributed by atoms with van der Waals surface area (Å²) < 4.78 is 0. The lowest BCUT2D eigenvalue weighted by molar-refractivity contribution is 1.02. The first-order valence-electron chi connectivity index (χ1n) is 9.97. The normalized spacial score (nSPS) is 10.8. The molecule has 0 amide bonds. The highest BCUT2D eigenvalue weighted by molar-refractivity contribution is 7.13. The van der Waals surface area contributed by atoms with E-state index in [4.69, 9.17) is 9.97 Å². The van der Waals surface area contributed by atoms with E-state index in [0.29, 0.717) is 6.42 Å². The van der Waals surface area contributed by atoms with E-state index in [1.165, 1.54) is 10.4 Å². The average Bonchev–Trinajstić information content (AvgIpc) is 3.35. The first-order valence-corrected chi connectivity index (χ1v) is 10.9. The molecule has 0 bridgehead atoms. The lowest BCUT2D eigenvalue weighted by Crippen LogP contribution is -1.98. The fraction of sp³-hybridized carbons (Fsp3) is 0.0370. The Morgan fingerprint density at radius 2 is 1.20 bits per heavy atom. The Kier molecular flexibility index (Phi) is 5.19. The van der Waals surface area contributed by atoms with Crippen LogP contribution in [-0.2, 0) is 6.42 Å². The van der Waals surface area contributed by atoms with Crippen LogP contribution in [0.1, 0.15) is 11.4 Å². The molecule has 144 valence electrons. The second kappa shape index (κ2) is 8.44. The van der Waals surface area contributed by atoms with Gasteiger partial charge < -0.3 is 0 Å². The predicted octanol–water partition coefficient (Wildman–Crippen LogP) is 7.13. The van der Waals surface area contributed by atoms with E-state index in [-0.39, 0.29) is 0 Å². The molecule has 30 heavy (non-hydrogen) atoms. The Hall–Kier alpha value is -3.56. The summed E-state index contributed by atoms with van der Waals surface area (Å²) in [4.78, 5) is 11.1. The maximum atomic E-state index is 4.98. The summed E-state index contributed by atoms with van der Waals surface area (Å²) in [6.07, 6.45) is 0.704. The molecule has 0 unspecified atom stereocenters. The minimum atomic E-state index is 0.704. The van der Waals surface area contributed by atoms with E-state index < -0.39 is 0 Å². The van der Waals surface area contributed by atoms with Crippen molar-refractivity contribution < 1.29 is 0 Å². The molecule has 0 atom stereocenters. The maximum absolute atomic E-state index is 4.98. The second-order valence-electron chi connectivity index (χ2n) is 7.09. The first-order chi connectivity index (χ1) is 14.9. The molecule has 5 aromatic rings. The standard InChI is InChI=1S/C27H20N2S/c1-2-9-20(10-3-1)25-15-6-11-21(28-25)19-22-12-7-16-26(29-22)23-13-4-5-14-24(23)27-17-8-18-30-27/h1-18H,19H2. The van der Waals surface area contributed by atoms with E-state index in [2.05, 4.69) is 90.3 Å². The predicted molar refractivity (Wildman–Crippen MR) is 125 cm³/mol. The molecule has 0 spiro atoms. The summed E-state index contributed by atoms with van der Waals surface area (Å²) >= 11 is 1.75. The van der Waals surface area contributed by atoms with Crippen LogP contribution in [0.25, 0.3) is 33.0 Å². The van der Waals surface area contributed by atoms with Gasteiger partial charge in [-0.05, 0) is 35.7 Å². The summed E-state index contributed by atoms with van der Waals surface area (Å²) in [6.45, 7) is 0. The molecule has 3 heterocycles. The van der Waals surface area contributed by atoms with E-state index in [0.717, 1.165) is 33.9 Å². The molecule has 0 N–H and O–H groups in total. The van der Waals surface area contributed by atoms with Crippen LogP contribution in [0.5, 0.6) is 0 Å². The number of thiophene rings is 1. The molecule has 2 nitrogen and oxygen atoms in total. The fourth-order valence-corrected chi connectivity index (χ4v) is 4.38. The molecule has 0 radical (unpaired) electrons. The van der Waals surface area contributed by atoms with Crippen LogP contribution in [0.15, 0.2) is 109 Å². The summed E-state index contributed by atoms with van der Waals surface area (Å²) in [5.41, 5.74) is 7.54. The summed E-state index contributed by atoms with van der Waals surface area (Å²) in [6, 6.07) is 35.5. The Bertz CT molecular complexity index is 1260. The van der Waals surface area contributed by atoms with Gasteiger partial charge >= 0.3 is 0 Å². The Morgan fingerprint density at radius 3 is 1.93 bits per heavy atom. The number of aromatic nitrogens is 2. The van der Waals surface area contributed by atoms with Crippen molar-refractivity contribution in [2.24, 2.45) is 0 Å². The zero-order valence-corrected chi connectivity index (χ0v) is 17.2. The zero-order valence-electron chi connectivity index (χ0n) is 16.4. The number of benzene rings is 2. The quantitative estimate of drug-likeness (QED) is 0.311. The average molecular weight is 405 g/mol. The van der Waals surface area contributed by atoms with Gasteiger partial charge in [0.25, 0.3) is 0 Å². The minimum absolute atomic E-state index is 0.704. The monoisotopic (exact) mass is 404 g/mol. The van der Waals surface area contributed by atoms with Crippen LogP contribution in [0.3, 0.4) is 0 Å². The second-order valence-corrected chi connectivity index (χ2v) is 8.04. The number of nitrogens with zero attached hydrogens (tertiary/aromatic N) is 2. The van der Waals surface area contributed by atoms with Gasteiger partial charge in [-0.15, -0.1) is 11.3 Å². The molecule has 3 aromatic heterocycles. The molecule has 0 saturated carbocycles. The minimum Gasteiger partial charge on any atom is -0.252 e.